The Bertz CT molecular complexity index is 757. The topological polar surface area (TPSA) is 86.5 Å². The van der Waals surface area contributed by atoms with E-state index < -0.39 is 23.3 Å². The SMILES string of the molecule is CC(=O)C(C(C)=O)C(C[N+](=O)[O-])c1ccc(OCc2ccccc2)cc1. The smallest absolute Gasteiger partial charge is 0.211 e. The van der Waals surface area contributed by atoms with Gasteiger partial charge in [-0.1, -0.05) is 42.5 Å². The second-order valence-corrected chi connectivity index (χ2v) is 6.16. The molecule has 0 saturated carbocycles. The van der Waals surface area contributed by atoms with Gasteiger partial charge in [-0.2, -0.15) is 0 Å². The molecule has 136 valence electrons. The summed E-state index contributed by atoms with van der Waals surface area (Å²) in [6, 6.07) is 16.4. The molecule has 0 spiro atoms. The molecule has 2 aromatic carbocycles. The Kier molecular flexibility index (Phi) is 6.60. The summed E-state index contributed by atoms with van der Waals surface area (Å²) >= 11 is 0. The molecule has 6 nitrogen and oxygen atoms in total. The van der Waals surface area contributed by atoms with Crippen LogP contribution in [0.15, 0.2) is 54.6 Å². The molecule has 2 aromatic rings. The number of hydrogen-bond acceptors (Lipinski definition) is 5. The molecule has 0 saturated heterocycles. The first kappa shape index (κ1) is 19.3. The summed E-state index contributed by atoms with van der Waals surface area (Å²) in [6.45, 7) is 2.50. The van der Waals surface area contributed by atoms with E-state index in [1.807, 2.05) is 30.3 Å². The molecule has 1 atom stereocenters. The summed E-state index contributed by atoms with van der Waals surface area (Å²) in [7, 11) is 0. The third-order valence-corrected chi connectivity index (χ3v) is 4.18. The second kappa shape index (κ2) is 8.89. The Balaban J connectivity index is 2.17. The number of ketones is 2. The average Bonchev–Trinajstić information content (AvgIpc) is 2.60. The molecule has 0 fully saturated rings. The van der Waals surface area contributed by atoms with Crippen LogP contribution >= 0.6 is 0 Å². The number of hydrogen-bond donors (Lipinski definition) is 0. The number of nitrogens with zero attached hydrogens (tertiary/aromatic N) is 1. The van der Waals surface area contributed by atoms with Crippen molar-refractivity contribution in [3.05, 3.63) is 75.8 Å². The first-order valence-electron chi connectivity index (χ1n) is 8.28. The monoisotopic (exact) mass is 355 g/mol. The van der Waals surface area contributed by atoms with E-state index in [0.717, 1.165) is 5.56 Å². The molecule has 2 rings (SSSR count). The van der Waals surface area contributed by atoms with Crippen LogP contribution in [-0.2, 0) is 16.2 Å². The van der Waals surface area contributed by atoms with Gasteiger partial charge >= 0.3 is 0 Å². The van der Waals surface area contributed by atoms with E-state index in [2.05, 4.69) is 0 Å². The van der Waals surface area contributed by atoms with E-state index in [9.17, 15) is 19.7 Å². The van der Waals surface area contributed by atoms with Gasteiger partial charge in [-0.05, 0) is 37.1 Å². The van der Waals surface area contributed by atoms with Crippen LogP contribution in [0.25, 0.3) is 0 Å². The average molecular weight is 355 g/mol. The van der Waals surface area contributed by atoms with Gasteiger partial charge in [0.15, 0.2) is 0 Å². The summed E-state index contributed by atoms with van der Waals surface area (Å²) < 4.78 is 5.70. The fraction of sp³-hybridized carbons (Fsp3) is 0.300. The maximum Gasteiger partial charge on any atom is 0.211 e. The summed E-state index contributed by atoms with van der Waals surface area (Å²) in [6.07, 6.45) is 0. The minimum Gasteiger partial charge on any atom is -0.489 e. The molecule has 0 amide bonds. The number of rotatable bonds is 9. The van der Waals surface area contributed by atoms with Crippen LogP contribution in [0.3, 0.4) is 0 Å². The zero-order valence-electron chi connectivity index (χ0n) is 14.8. The van der Waals surface area contributed by atoms with E-state index in [-0.39, 0.29) is 11.6 Å². The normalized spacial score (nSPS) is 11.8. The van der Waals surface area contributed by atoms with Crippen LogP contribution in [0.1, 0.15) is 30.9 Å². The van der Waals surface area contributed by atoms with E-state index in [1.165, 1.54) is 13.8 Å². The molecule has 0 heterocycles. The van der Waals surface area contributed by atoms with E-state index in [0.29, 0.717) is 17.9 Å². The minimum absolute atomic E-state index is 0.367. The molecular formula is C20H21NO5. The summed E-state index contributed by atoms with van der Waals surface area (Å²) in [5.41, 5.74) is 1.60. The van der Waals surface area contributed by atoms with Gasteiger partial charge in [0.25, 0.3) is 0 Å². The predicted molar refractivity (Wildman–Crippen MR) is 96.7 cm³/mol. The van der Waals surface area contributed by atoms with Gasteiger partial charge < -0.3 is 4.74 Å². The summed E-state index contributed by atoms with van der Waals surface area (Å²) in [4.78, 5) is 34.2. The lowest BCUT2D eigenvalue weighted by Crippen LogP contribution is -2.31. The number of nitro groups is 1. The standard InChI is InChI=1S/C20H21NO5/c1-14(22)20(15(2)23)19(12-21(24)25)17-8-10-18(11-9-17)26-13-16-6-4-3-5-7-16/h3-11,19-20H,12-13H2,1-2H3. The Hall–Kier alpha value is -3.02. The lowest BCUT2D eigenvalue weighted by atomic mass is 9.81. The minimum atomic E-state index is -1.02. The van der Waals surface area contributed by atoms with Gasteiger partial charge in [-0.25, -0.2) is 0 Å². The van der Waals surface area contributed by atoms with Gasteiger partial charge in [-0.3, -0.25) is 19.7 Å². The van der Waals surface area contributed by atoms with Crippen LogP contribution in [0, 0.1) is 16.0 Å². The van der Waals surface area contributed by atoms with Gasteiger partial charge in [0, 0.05) is 4.92 Å². The Labute approximate surface area is 151 Å². The van der Waals surface area contributed by atoms with E-state index in [4.69, 9.17) is 4.74 Å². The summed E-state index contributed by atoms with van der Waals surface area (Å²) in [5.74, 6) is -1.93. The number of Topliss-reactive ketones (excluding diaryl/α,β-unsaturated/α-hetero) is 2. The van der Waals surface area contributed by atoms with Crippen molar-refractivity contribution in [1.29, 1.82) is 0 Å². The van der Waals surface area contributed by atoms with E-state index in [1.54, 1.807) is 24.3 Å². The summed E-state index contributed by atoms with van der Waals surface area (Å²) in [5, 5.41) is 11.0. The van der Waals surface area contributed by atoms with Crippen molar-refractivity contribution in [1.82, 2.24) is 0 Å². The second-order valence-electron chi connectivity index (χ2n) is 6.16. The van der Waals surface area contributed by atoms with Crippen LogP contribution in [0.2, 0.25) is 0 Å². The fourth-order valence-corrected chi connectivity index (χ4v) is 2.97. The van der Waals surface area contributed by atoms with Crippen LogP contribution in [0.4, 0.5) is 0 Å². The van der Waals surface area contributed by atoms with Gasteiger partial charge in [-0.15, -0.1) is 0 Å². The van der Waals surface area contributed by atoms with E-state index >= 15 is 0 Å². The molecule has 0 radical (unpaired) electrons. The Morgan fingerprint density at radius 2 is 1.58 bits per heavy atom. The van der Waals surface area contributed by atoms with Crippen molar-refractivity contribution in [3.8, 4) is 5.75 Å². The lowest BCUT2D eigenvalue weighted by Gasteiger charge is -2.20. The molecule has 0 aliphatic carbocycles. The number of carbonyl (C=O) groups is 2. The first-order valence-corrected chi connectivity index (χ1v) is 8.28. The Morgan fingerprint density at radius 1 is 1.00 bits per heavy atom. The maximum absolute atomic E-state index is 11.8. The van der Waals surface area contributed by atoms with Crippen LogP contribution in [0.5, 0.6) is 5.75 Å². The molecule has 0 N–H and O–H groups in total. The van der Waals surface area contributed by atoms with Crippen molar-refractivity contribution in [2.45, 2.75) is 26.4 Å². The zero-order valence-corrected chi connectivity index (χ0v) is 14.8. The highest BCUT2D eigenvalue weighted by atomic mass is 16.6. The predicted octanol–water partition coefficient (Wildman–Crippen LogP) is 3.42. The molecule has 0 bridgehead atoms. The molecule has 26 heavy (non-hydrogen) atoms. The molecule has 1 unspecified atom stereocenters. The molecular weight excluding hydrogens is 334 g/mol. The Morgan fingerprint density at radius 3 is 2.08 bits per heavy atom. The number of ether oxygens (including phenoxy) is 1. The lowest BCUT2D eigenvalue weighted by molar-refractivity contribution is -0.484. The maximum atomic E-state index is 11.8. The van der Waals surface area contributed by atoms with Crippen molar-refractivity contribution < 1.29 is 19.2 Å². The first-order chi connectivity index (χ1) is 12.4. The number of carbonyl (C=O) groups excluding carboxylic acids is 2. The molecule has 0 aromatic heterocycles. The quantitative estimate of drug-likeness (QED) is 0.391. The van der Waals surface area contributed by atoms with Crippen molar-refractivity contribution in [3.63, 3.8) is 0 Å². The zero-order chi connectivity index (χ0) is 19.1. The highest BCUT2D eigenvalue weighted by Gasteiger charge is 2.34. The van der Waals surface area contributed by atoms with Gasteiger partial charge in [0.05, 0.1) is 11.8 Å². The highest BCUT2D eigenvalue weighted by molar-refractivity contribution is 6.01. The molecule has 0 aliphatic heterocycles. The third-order valence-electron chi connectivity index (χ3n) is 4.18. The van der Waals surface area contributed by atoms with Crippen molar-refractivity contribution >= 4 is 11.6 Å². The fourth-order valence-electron chi connectivity index (χ4n) is 2.97. The molecule has 0 aliphatic rings. The van der Waals surface area contributed by atoms with Gasteiger partial charge in [0.2, 0.25) is 6.54 Å². The van der Waals surface area contributed by atoms with Crippen molar-refractivity contribution in [2.75, 3.05) is 6.54 Å². The van der Waals surface area contributed by atoms with Crippen LogP contribution < -0.4 is 4.74 Å². The van der Waals surface area contributed by atoms with Gasteiger partial charge in [0.1, 0.15) is 23.9 Å². The third kappa shape index (κ3) is 5.24. The van der Waals surface area contributed by atoms with Crippen LogP contribution in [-0.4, -0.2) is 23.0 Å². The highest BCUT2D eigenvalue weighted by Crippen LogP contribution is 2.28. The molecule has 6 heteroatoms. The number of benzene rings is 2. The largest absolute Gasteiger partial charge is 0.489 e. The van der Waals surface area contributed by atoms with Crippen molar-refractivity contribution in [2.24, 2.45) is 5.92 Å².